The summed E-state index contributed by atoms with van der Waals surface area (Å²) in [6, 6.07) is 20.0. The number of aliphatic hydroxyl groups is 1. The molecule has 0 aliphatic carbocycles. The SMILES string of the molecule is C=C(CC(O)/C=C/c1ccccc1)Sc1ccccc1. The predicted octanol–water partition coefficient (Wildman–Crippen LogP) is 4.76. The molecule has 0 spiro atoms. The molecule has 2 heteroatoms. The van der Waals surface area contributed by atoms with Crippen molar-refractivity contribution in [1.29, 1.82) is 0 Å². The summed E-state index contributed by atoms with van der Waals surface area (Å²) in [7, 11) is 0. The van der Waals surface area contributed by atoms with Gasteiger partial charge in [-0.1, -0.05) is 79.0 Å². The van der Waals surface area contributed by atoms with Gasteiger partial charge < -0.3 is 5.11 Å². The number of thioether (sulfide) groups is 1. The number of hydrogen-bond donors (Lipinski definition) is 1. The maximum absolute atomic E-state index is 10.00. The van der Waals surface area contributed by atoms with Gasteiger partial charge in [0.1, 0.15) is 0 Å². The monoisotopic (exact) mass is 282 g/mol. The van der Waals surface area contributed by atoms with Gasteiger partial charge in [-0.15, -0.1) is 0 Å². The van der Waals surface area contributed by atoms with Crippen molar-refractivity contribution in [3.8, 4) is 0 Å². The molecule has 1 nitrogen and oxygen atoms in total. The van der Waals surface area contributed by atoms with Gasteiger partial charge in [-0.05, 0) is 22.6 Å². The Kier molecular flexibility index (Phi) is 5.66. The van der Waals surface area contributed by atoms with E-state index in [0.717, 1.165) is 15.4 Å². The van der Waals surface area contributed by atoms with E-state index in [4.69, 9.17) is 0 Å². The average Bonchev–Trinajstić information content (AvgIpc) is 2.47. The maximum atomic E-state index is 10.00. The smallest absolute Gasteiger partial charge is 0.0769 e. The molecule has 2 rings (SSSR count). The van der Waals surface area contributed by atoms with Crippen LogP contribution >= 0.6 is 11.8 Å². The van der Waals surface area contributed by atoms with Gasteiger partial charge in [-0.3, -0.25) is 0 Å². The average molecular weight is 282 g/mol. The summed E-state index contributed by atoms with van der Waals surface area (Å²) in [6.45, 7) is 4.01. The minimum Gasteiger partial charge on any atom is -0.389 e. The van der Waals surface area contributed by atoms with Crippen molar-refractivity contribution in [3.63, 3.8) is 0 Å². The van der Waals surface area contributed by atoms with Gasteiger partial charge in [0.2, 0.25) is 0 Å². The maximum Gasteiger partial charge on any atom is 0.0769 e. The first-order chi connectivity index (χ1) is 9.74. The molecule has 0 heterocycles. The second-order valence-corrected chi connectivity index (χ2v) is 5.75. The lowest BCUT2D eigenvalue weighted by Crippen LogP contribution is -2.01. The van der Waals surface area contributed by atoms with Crippen LogP contribution in [0.3, 0.4) is 0 Å². The second-order valence-electron chi connectivity index (χ2n) is 4.50. The van der Waals surface area contributed by atoms with Crippen molar-refractivity contribution in [2.24, 2.45) is 0 Å². The second kappa shape index (κ2) is 7.73. The van der Waals surface area contributed by atoms with Crippen LogP contribution in [-0.4, -0.2) is 11.2 Å². The molecular weight excluding hydrogens is 264 g/mol. The molecule has 0 fully saturated rings. The van der Waals surface area contributed by atoms with Gasteiger partial charge in [0.15, 0.2) is 0 Å². The van der Waals surface area contributed by atoms with Gasteiger partial charge in [0.25, 0.3) is 0 Å². The molecule has 0 saturated carbocycles. The standard InChI is InChI=1S/C18H18OS/c1-15(20-18-10-6-3-7-11-18)14-17(19)13-12-16-8-4-2-5-9-16/h2-13,17,19H,1,14H2/b13-12+. The van der Waals surface area contributed by atoms with Gasteiger partial charge in [0, 0.05) is 11.3 Å². The molecule has 1 unspecified atom stereocenters. The number of benzene rings is 2. The summed E-state index contributed by atoms with van der Waals surface area (Å²) in [5.74, 6) is 0. The number of aliphatic hydroxyl groups excluding tert-OH is 1. The molecule has 1 atom stereocenters. The van der Waals surface area contributed by atoms with Crippen LogP contribution in [0.4, 0.5) is 0 Å². The van der Waals surface area contributed by atoms with Crippen LogP contribution in [0.2, 0.25) is 0 Å². The van der Waals surface area contributed by atoms with Crippen LogP contribution in [0.1, 0.15) is 12.0 Å². The Balaban J connectivity index is 1.84. The highest BCUT2D eigenvalue weighted by Crippen LogP contribution is 2.28. The molecule has 0 bridgehead atoms. The fourth-order valence-corrected chi connectivity index (χ4v) is 2.67. The molecule has 0 amide bonds. The number of rotatable bonds is 6. The van der Waals surface area contributed by atoms with E-state index < -0.39 is 6.10 Å². The van der Waals surface area contributed by atoms with Crippen molar-refractivity contribution in [2.45, 2.75) is 17.4 Å². The van der Waals surface area contributed by atoms with Crippen molar-refractivity contribution < 1.29 is 5.11 Å². The number of hydrogen-bond acceptors (Lipinski definition) is 2. The van der Waals surface area contributed by atoms with Crippen LogP contribution < -0.4 is 0 Å². The van der Waals surface area contributed by atoms with Gasteiger partial charge in [-0.2, -0.15) is 0 Å². The molecule has 0 aliphatic rings. The van der Waals surface area contributed by atoms with E-state index in [-0.39, 0.29) is 0 Å². The Bertz CT molecular complexity index is 560. The van der Waals surface area contributed by atoms with E-state index in [0.29, 0.717) is 6.42 Å². The topological polar surface area (TPSA) is 20.2 Å². The normalized spacial score (nSPS) is 12.4. The lowest BCUT2D eigenvalue weighted by Gasteiger charge is -2.08. The summed E-state index contributed by atoms with van der Waals surface area (Å²) in [6.07, 6.45) is 3.80. The highest BCUT2D eigenvalue weighted by atomic mass is 32.2. The molecule has 1 N–H and O–H groups in total. The fraction of sp³-hybridized carbons (Fsp3) is 0.111. The molecule has 20 heavy (non-hydrogen) atoms. The van der Waals surface area contributed by atoms with E-state index in [2.05, 4.69) is 6.58 Å². The summed E-state index contributed by atoms with van der Waals surface area (Å²) < 4.78 is 0. The fourth-order valence-electron chi connectivity index (χ4n) is 1.78. The minimum absolute atomic E-state index is 0.501. The quantitative estimate of drug-likeness (QED) is 0.771. The van der Waals surface area contributed by atoms with E-state index in [1.165, 1.54) is 0 Å². The molecule has 0 saturated heterocycles. The Hall–Kier alpha value is -1.77. The predicted molar refractivity (Wildman–Crippen MR) is 87.5 cm³/mol. The summed E-state index contributed by atoms with van der Waals surface area (Å²) in [5.41, 5.74) is 1.09. The third-order valence-electron chi connectivity index (χ3n) is 2.75. The molecule has 2 aromatic rings. The first-order valence-electron chi connectivity index (χ1n) is 6.56. The Labute approximate surface area is 124 Å². The summed E-state index contributed by atoms with van der Waals surface area (Å²) >= 11 is 1.61. The Morgan fingerprint density at radius 1 is 1.05 bits per heavy atom. The molecule has 0 aliphatic heterocycles. The molecule has 0 radical (unpaired) electrons. The highest BCUT2D eigenvalue weighted by Gasteiger charge is 2.04. The molecular formula is C18H18OS. The zero-order valence-corrected chi connectivity index (χ0v) is 12.1. The zero-order valence-electron chi connectivity index (χ0n) is 11.3. The van der Waals surface area contributed by atoms with E-state index >= 15 is 0 Å². The van der Waals surface area contributed by atoms with Crippen LogP contribution in [0.25, 0.3) is 6.08 Å². The van der Waals surface area contributed by atoms with Crippen LogP contribution in [0.15, 0.2) is 83.1 Å². The van der Waals surface area contributed by atoms with E-state index in [9.17, 15) is 5.11 Å². The molecule has 0 aromatic heterocycles. The molecule has 2 aromatic carbocycles. The lowest BCUT2D eigenvalue weighted by atomic mass is 10.1. The van der Waals surface area contributed by atoms with Crippen molar-refractivity contribution in [3.05, 3.63) is 83.8 Å². The first kappa shape index (κ1) is 14.6. The van der Waals surface area contributed by atoms with E-state index in [1.54, 1.807) is 11.8 Å². The minimum atomic E-state index is -0.501. The lowest BCUT2D eigenvalue weighted by molar-refractivity contribution is 0.227. The summed E-state index contributed by atoms with van der Waals surface area (Å²) in [5, 5.41) is 10.00. The van der Waals surface area contributed by atoms with Crippen LogP contribution in [-0.2, 0) is 0 Å². The van der Waals surface area contributed by atoms with Gasteiger partial charge in [0.05, 0.1) is 6.10 Å². The van der Waals surface area contributed by atoms with Crippen molar-refractivity contribution >= 4 is 17.8 Å². The van der Waals surface area contributed by atoms with Crippen molar-refractivity contribution in [1.82, 2.24) is 0 Å². The Morgan fingerprint density at radius 2 is 1.65 bits per heavy atom. The van der Waals surface area contributed by atoms with Crippen LogP contribution in [0, 0.1) is 0 Å². The largest absolute Gasteiger partial charge is 0.389 e. The summed E-state index contributed by atoms with van der Waals surface area (Å²) in [4.78, 5) is 2.11. The highest BCUT2D eigenvalue weighted by molar-refractivity contribution is 8.03. The Morgan fingerprint density at radius 3 is 2.30 bits per heavy atom. The molecule has 102 valence electrons. The van der Waals surface area contributed by atoms with Crippen molar-refractivity contribution in [2.75, 3.05) is 0 Å². The van der Waals surface area contributed by atoms with E-state index in [1.807, 2.05) is 72.8 Å². The van der Waals surface area contributed by atoms with Crippen LogP contribution in [0.5, 0.6) is 0 Å². The third kappa shape index (κ3) is 5.08. The van der Waals surface area contributed by atoms with Gasteiger partial charge in [-0.25, -0.2) is 0 Å². The first-order valence-corrected chi connectivity index (χ1v) is 7.38. The van der Waals surface area contributed by atoms with Gasteiger partial charge >= 0.3 is 0 Å². The third-order valence-corrected chi connectivity index (χ3v) is 3.72. The zero-order chi connectivity index (χ0) is 14.2.